The number of unbranched alkanes of at least 4 members (excludes halogenated alkanes) is 1. The second-order valence-electron chi connectivity index (χ2n) is 20.4. The largest absolute Gasteiger partial charge is 0.508 e. The van der Waals surface area contributed by atoms with E-state index in [2.05, 4.69) is 52.8 Å². The quantitative estimate of drug-likeness (QED) is 0.0218. The molecule has 1 saturated heterocycles. The van der Waals surface area contributed by atoms with E-state index in [4.69, 9.17) is 28.7 Å². The zero-order valence-electron chi connectivity index (χ0n) is 47.3. The summed E-state index contributed by atoms with van der Waals surface area (Å²) in [7, 11) is 1.80. The number of carbonyl (C=O) groups is 12. The SMILES string of the molecule is CC(C)C[C@@H]1NC(=O)[C@H](CCCCN)NC(=O)[C@@H](NC(=O)[C@@H](N)Cc2ccccc2)CSSC[C@@H](C(=O)N[C@@H](Cc2ccc(O)cc2)C(=O)O)NC(=O)[C@H](C)NC(=O)[C@H](CCCN=C(N)N)NC(=O)[C@H](CC(=O)O)NC(=O)[C@H](CC(N)=O)NC1=O. The van der Waals surface area contributed by atoms with Crippen molar-refractivity contribution in [3.8, 4) is 5.75 Å². The normalized spacial score (nSPS) is 22.5. The minimum absolute atomic E-state index is 0.0131. The van der Waals surface area contributed by atoms with E-state index in [-0.39, 0.29) is 87.2 Å². The molecule has 0 saturated carbocycles. The van der Waals surface area contributed by atoms with Crippen molar-refractivity contribution in [1.82, 2.24) is 47.9 Å². The maximum atomic E-state index is 14.5. The van der Waals surface area contributed by atoms with Gasteiger partial charge in [0.2, 0.25) is 59.1 Å². The number of aliphatic carboxylic acids is 2. The number of hydrogen-bond acceptors (Lipinski definition) is 18. The summed E-state index contributed by atoms with van der Waals surface area (Å²) in [6.07, 6.45) is -2.07. The topological polar surface area (TPSA) is 516 Å². The highest BCUT2D eigenvalue weighted by atomic mass is 33.1. The molecule has 0 radical (unpaired) electrons. The Balaban J connectivity index is 2.21. The Bertz CT molecular complexity index is 2670. The standard InChI is InChI=1S/C53H79N15O15S2/c1-27(2)20-35-47(77)64-36(23-41(56)70)48(78)65-37(24-42(71)72)49(79)61-34(13-9-19-59-53(57)58)45(75)60-28(3)43(73)67-39(51(81)66-38(52(82)83)22-30-14-16-31(69)17-15-30)25-84-85-26-40(50(80)62-33(46(76)63-35)12-7-8-18-54)68-44(74)32(55)21-29-10-5-4-6-11-29/h4-6,10-11,14-17,27-28,32-40,69H,7-9,12-13,18-26,54-55H2,1-3H3,(H2,56,70)(H,60,75)(H,61,79)(H,62,80)(H,63,76)(H,64,77)(H,65,78)(H,66,81)(H,67,73)(H,68,74)(H,71,72)(H,82,83)(H4,57,58,59)/t28-,32-,33-,34-,35-,36-,37-,38-,39-,40-/m0/s1. The molecule has 1 aliphatic heterocycles. The lowest BCUT2D eigenvalue weighted by atomic mass is 10.0. The number of aromatic hydroxyl groups is 1. The van der Waals surface area contributed by atoms with Crippen LogP contribution in [0.1, 0.15) is 83.3 Å². The molecule has 1 fully saturated rings. The van der Waals surface area contributed by atoms with E-state index in [9.17, 15) is 72.9 Å². The first kappa shape index (κ1) is 71.0. The van der Waals surface area contributed by atoms with Crippen LogP contribution in [0, 0.1) is 5.92 Å². The van der Waals surface area contributed by atoms with Crippen LogP contribution >= 0.6 is 21.6 Å². The minimum atomic E-state index is -2.01. The van der Waals surface area contributed by atoms with Crippen molar-refractivity contribution < 1.29 is 72.9 Å². The number of carboxylic acids is 2. The van der Waals surface area contributed by atoms with Gasteiger partial charge in [0.1, 0.15) is 60.1 Å². The molecule has 32 heteroatoms. The maximum absolute atomic E-state index is 14.5. The van der Waals surface area contributed by atoms with Gasteiger partial charge in [0.05, 0.1) is 18.9 Å². The number of nitrogens with two attached hydrogens (primary N) is 5. The third-order valence-electron chi connectivity index (χ3n) is 12.7. The van der Waals surface area contributed by atoms with Gasteiger partial charge in [-0.1, -0.05) is 77.9 Å². The van der Waals surface area contributed by atoms with E-state index in [1.54, 1.807) is 44.2 Å². The van der Waals surface area contributed by atoms with Crippen LogP contribution in [0.2, 0.25) is 0 Å². The molecule has 0 spiro atoms. The molecule has 10 amide bonds. The molecule has 3 rings (SSSR count). The number of primary amides is 1. The van der Waals surface area contributed by atoms with Crippen LogP contribution in [0.5, 0.6) is 5.75 Å². The molecule has 22 N–H and O–H groups in total. The number of carbonyl (C=O) groups excluding carboxylic acids is 10. The van der Waals surface area contributed by atoms with Crippen molar-refractivity contribution in [2.75, 3.05) is 24.6 Å². The average Bonchev–Trinajstić information content (AvgIpc) is 3.63. The predicted molar refractivity (Wildman–Crippen MR) is 314 cm³/mol. The van der Waals surface area contributed by atoms with Gasteiger partial charge in [0, 0.05) is 24.5 Å². The van der Waals surface area contributed by atoms with Gasteiger partial charge in [-0.05, 0) is 87.6 Å². The first-order valence-electron chi connectivity index (χ1n) is 27.2. The second-order valence-corrected chi connectivity index (χ2v) is 23.0. The molecular formula is C53H79N15O15S2. The number of nitrogens with one attached hydrogen (secondary N) is 9. The Kier molecular flexibility index (Phi) is 30.5. The lowest BCUT2D eigenvalue weighted by Gasteiger charge is -2.28. The van der Waals surface area contributed by atoms with E-state index < -0.39 is 144 Å². The van der Waals surface area contributed by atoms with Gasteiger partial charge < -0.3 is 91.8 Å². The molecule has 2 aromatic carbocycles. The lowest BCUT2D eigenvalue weighted by molar-refractivity contribution is -0.142. The monoisotopic (exact) mass is 1230 g/mol. The van der Waals surface area contributed by atoms with E-state index in [0.29, 0.717) is 17.5 Å². The number of phenolic OH excluding ortho intramolecular Hbond substituents is 1. The van der Waals surface area contributed by atoms with Crippen LogP contribution in [0.15, 0.2) is 59.6 Å². The van der Waals surface area contributed by atoms with Gasteiger partial charge in [-0.15, -0.1) is 0 Å². The van der Waals surface area contributed by atoms with Gasteiger partial charge in [-0.25, -0.2) is 4.79 Å². The van der Waals surface area contributed by atoms with Crippen LogP contribution in [0.3, 0.4) is 0 Å². The van der Waals surface area contributed by atoms with Gasteiger partial charge >= 0.3 is 11.9 Å². The van der Waals surface area contributed by atoms with Crippen LogP contribution in [0.25, 0.3) is 0 Å². The van der Waals surface area contributed by atoms with Gasteiger partial charge in [-0.3, -0.25) is 57.7 Å². The molecule has 0 aliphatic carbocycles. The number of aliphatic imine (C=N–C) groups is 1. The average molecular weight is 1230 g/mol. The summed E-state index contributed by atoms with van der Waals surface area (Å²) >= 11 is 0. The van der Waals surface area contributed by atoms with Gasteiger partial charge in [-0.2, -0.15) is 0 Å². The maximum Gasteiger partial charge on any atom is 0.326 e. The van der Waals surface area contributed by atoms with Crippen molar-refractivity contribution in [2.45, 2.75) is 145 Å². The summed E-state index contributed by atoms with van der Waals surface area (Å²) < 4.78 is 0. The summed E-state index contributed by atoms with van der Waals surface area (Å²) in [5, 5.41) is 52.0. The van der Waals surface area contributed by atoms with Crippen LogP contribution < -0.4 is 76.5 Å². The van der Waals surface area contributed by atoms with Crippen molar-refractivity contribution >= 4 is 98.6 Å². The molecule has 0 bridgehead atoms. The van der Waals surface area contributed by atoms with Gasteiger partial charge in [0.25, 0.3) is 0 Å². The first-order valence-corrected chi connectivity index (χ1v) is 29.7. The zero-order chi connectivity index (χ0) is 63.3. The lowest BCUT2D eigenvalue weighted by Crippen LogP contribution is -2.61. The Morgan fingerprint density at radius 3 is 1.75 bits per heavy atom. The Hall–Kier alpha value is -8.23. The fourth-order valence-electron chi connectivity index (χ4n) is 8.25. The number of rotatable bonds is 23. The Morgan fingerprint density at radius 2 is 1.18 bits per heavy atom. The fraction of sp³-hybridized carbons (Fsp3) is 0.528. The molecule has 1 heterocycles. The zero-order valence-corrected chi connectivity index (χ0v) is 49.0. The molecule has 0 unspecified atom stereocenters. The van der Waals surface area contributed by atoms with E-state index in [1.807, 2.05) is 0 Å². The summed E-state index contributed by atoms with van der Waals surface area (Å²) in [5.74, 6) is -15.0. The van der Waals surface area contributed by atoms with Crippen LogP contribution in [-0.4, -0.2) is 177 Å². The number of carboxylic acid groups (broad SMARTS) is 2. The molecule has 468 valence electrons. The molecule has 85 heavy (non-hydrogen) atoms. The summed E-state index contributed by atoms with van der Waals surface area (Å²) in [4.78, 5) is 168. The summed E-state index contributed by atoms with van der Waals surface area (Å²) in [6.45, 7) is 4.70. The van der Waals surface area contributed by atoms with E-state index in [1.165, 1.54) is 31.2 Å². The third kappa shape index (κ3) is 26.5. The molecule has 1 aliphatic rings. The van der Waals surface area contributed by atoms with Crippen LogP contribution in [-0.2, 0) is 70.4 Å². The van der Waals surface area contributed by atoms with Crippen molar-refractivity contribution in [3.63, 3.8) is 0 Å². The molecule has 0 aromatic heterocycles. The van der Waals surface area contributed by atoms with Crippen molar-refractivity contribution in [2.24, 2.45) is 39.6 Å². The predicted octanol–water partition coefficient (Wildman–Crippen LogP) is -4.05. The number of amides is 10. The fourth-order valence-corrected chi connectivity index (χ4v) is 10.6. The third-order valence-corrected chi connectivity index (χ3v) is 15.2. The Labute approximate surface area is 498 Å². The van der Waals surface area contributed by atoms with Crippen LogP contribution in [0.4, 0.5) is 0 Å². The van der Waals surface area contributed by atoms with E-state index in [0.717, 1.165) is 21.6 Å². The molecule has 10 atom stereocenters. The van der Waals surface area contributed by atoms with Gasteiger partial charge in [0.15, 0.2) is 5.96 Å². The highest BCUT2D eigenvalue weighted by Gasteiger charge is 2.37. The molecule has 30 nitrogen and oxygen atoms in total. The summed E-state index contributed by atoms with van der Waals surface area (Å²) in [5.41, 5.74) is 29.6. The summed E-state index contributed by atoms with van der Waals surface area (Å²) in [6, 6.07) is -1.64. The number of nitrogens with zero attached hydrogens (tertiary/aromatic N) is 1. The second kappa shape index (κ2) is 36.5. The Morgan fingerprint density at radius 1 is 0.647 bits per heavy atom. The first-order chi connectivity index (χ1) is 40.2. The number of guanidine groups is 1. The number of hydrogen-bond donors (Lipinski definition) is 17. The minimum Gasteiger partial charge on any atom is -0.508 e. The number of phenols is 1. The van der Waals surface area contributed by atoms with E-state index >= 15 is 0 Å². The number of benzene rings is 2. The molecular weight excluding hydrogens is 1150 g/mol. The highest BCUT2D eigenvalue weighted by Crippen LogP contribution is 2.24. The highest BCUT2D eigenvalue weighted by molar-refractivity contribution is 8.76. The smallest absolute Gasteiger partial charge is 0.326 e. The van der Waals surface area contributed by atoms with Crippen molar-refractivity contribution in [3.05, 3.63) is 65.7 Å². The molecule has 2 aromatic rings. The van der Waals surface area contributed by atoms with Crippen molar-refractivity contribution in [1.29, 1.82) is 0 Å².